The van der Waals surface area contributed by atoms with E-state index in [2.05, 4.69) is 24.3 Å². The van der Waals surface area contributed by atoms with Crippen LogP contribution in [0.15, 0.2) is 66.7 Å². The van der Waals surface area contributed by atoms with Crippen LogP contribution in [0.25, 0.3) is 11.1 Å². The molecular formula is C27H27ClN2O4. The molecule has 0 radical (unpaired) electrons. The van der Waals surface area contributed by atoms with Crippen molar-refractivity contribution in [2.75, 3.05) is 25.5 Å². The molecule has 0 bridgehead atoms. The van der Waals surface area contributed by atoms with Crippen molar-refractivity contribution in [1.29, 1.82) is 0 Å². The standard InChI is InChI=1S/C27H27ClN2O4/c28-25-13-17(29)9-12-26(25)33-15-19(31)14-30(18-10-11-18)27(32)34-16-24-22-7-3-1-5-20(22)21-6-2-4-8-23(21)24/h1-9,12-13,18-19,24,31H,10-11,14-16,29H2. The van der Waals surface area contributed by atoms with Gasteiger partial charge in [-0.15, -0.1) is 0 Å². The number of nitrogen functional groups attached to an aromatic ring is 1. The number of nitrogens with zero attached hydrogens (tertiary/aromatic N) is 1. The SMILES string of the molecule is Nc1ccc(OCC(O)CN(C(=O)OCC2c3ccccc3-c3ccccc32)C2CC2)c(Cl)c1. The second-order valence-electron chi connectivity index (χ2n) is 8.84. The minimum atomic E-state index is -0.880. The lowest BCUT2D eigenvalue weighted by molar-refractivity contribution is 0.0489. The Hall–Kier alpha value is -3.22. The average Bonchev–Trinajstić information content (AvgIpc) is 3.63. The highest BCUT2D eigenvalue weighted by Gasteiger charge is 2.36. The van der Waals surface area contributed by atoms with Crippen molar-refractivity contribution < 1.29 is 19.4 Å². The van der Waals surface area contributed by atoms with Crippen molar-refractivity contribution in [3.63, 3.8) is 0 Å². The third-order valence-electron chi connectivity index (χ3n) is 6.35. The van der Waals surface area contributed by atoms with Crippen molar-refractivity contribution in [3.05, 3.63) is 82.9 Å². The van der Waals surface area contributed by atoms with E-state index in [1.807, 2.05) is 24.3 Å². The van der Waals surface area contributed by atoms with Crippen LogP contribution >= 0.6 is 11.6 Å². The van der Waals surface area contributed by atoms with Crippen LogP contribution in [0.4, 0.5) is 10.5 Å². The molecule has 176 valence electrons. The predicted molar refractivity (Wildman–Crippen MR) is 132 cm³/mol. The van der Waals surface area contributed by atoms with E-state index in [1.54, 1.807) is 23.1 Å². The summed E-state index contributed by atoms with van der Waals surface area (Å²) < 4.78 is 11.4. The fraction of sp³-hybridized carbons (Fsp3) is 0.296. The molecule has 0 aliphatic heterocycles. The van der Waals surface area contributed by atoms with Crippen LogP contribution in [-0.4, -0.2) is 48.0 Å². The number of amides is 1. The molecule has 7 heteroatoms. The van der Waals surface area contributed by atoms with Crippen LogP contribution in [-0.2, 0) is 4.74 Å². The summed E-state index contributed by atoms with van der Waals surface area (Å²) in [5.41, 5.74) is 11.0. The van der Waals surface area contributed by atoms with Gasteiger partial charge in [-0.3, -0.25) is 0 Å². The van der Waals surface area contributed by atoms with Gasteiger partial charge in [-0.2, -0.15) is 0 Å². The van der Waals surface area contributed by atoms with E-state index in [0.717, 1.165) is 12.8 Å². The number of benzene rings is 3. The van der Waals surface area contributed by atoms with Gasteiger partial charge in [0.1, 0.15) is 25.1 Å². The Labute approximate surface area is 203 Å². The van der Waals surface area contributed by atoms with Crippen molar-refractivity contribution in [3.8, 4) is 16.9 Å². The molecule has 3 aromatic carbocycles. The van der Waals surface area contributed by atoms with Crippen LogP contribution < -0.4 is 10.5 Å². The lowest BCUT2D eigenvalue weighted by Crippen LogP contribution is -2.41. The Morgan fingerprint density at radius 3 is 2.32 bits per heavy atom. The summed E-state index contributed by atoms with van der Waals surface area (Å²) >= 11 is 6.13. The van der Waals surface area contributed by atoms with Crippen LogP contribution in [0.2, 0.25) is 5.02 Å². The van der Waals surface area contributed by atoms with Gasteiger partial charge in [0.05, 0.1) is 11.6 Å². The molecule has 2 aliphatic carbocycles. The molecule has 2 aliphatic rings. The van der Waals surface area contributed by atoms with Gasteiger partial charge in [0.2, 0.25) is 0 Å². The number of carbonyl (C=O) groups excluding carboxylic acids is 1. The normalized spacial score (nSPS) is 15.4. The summed E-state index contributed by atoms with van der Waals surface area (Å²) in [6.07, 6.45) is 0.520. The third kappa shape index (κ3) is 4.69. The lowest BCUT2D eigenvalue weighted by atomic mass is 9.98. The van der Waals surface area contributed by atoms with Gasteiger partial charge in [-0.1, -0.05) is 60.1 Å². The average molecular weight is 479 g/mol. The Balaban J connectivity index is 1.21. The quantitative estimate of drug-likeness (QED) is 0.441. The molecule has 0 aromatic heterocycles. The second kappa shape index (κ2) is 9.57. The highest BCUT2D eigenvalue weighted by atomic mass is 35.5. The van der Waals surface area contributed by atoms with Crippen LogP contribution in [0.5, 0.6) is 5.75 Å². The summed E-state index contributed by atoms with van der Waals surface area (Å²) in [6.45, 7) is 0.390. The first-order valence-corrected chi connectivity index (χ1v) is 11.9. The van der Waals surface area contributed by atoms with Gasteiger partial charge >= 0.3 is 6.09 Å². The number of anilines is 1. The summed E-state index contributed by atoms with van der Waals surface area (Å²) in [6, 6.07) is 21.5. The number of aliphatic hydroxyl groups excluding tert-OH is 1. The van der Waals surface area contributed by atoms with Crippen LogP contribution in [0, 0.1) is 0 Å². The fourth-order valence-corrected chi connectivity index (χ4v) is 4.78. The largest absolute Gasteiger partial charge is 0.489 e. The minimum absolute atomic E-state index is 0.00156. The lowest BCUT2D eigenvalue weighted by Gasteiger charge is -2.25. The molecule has 1 unspecified atom stereocenters. The topological polar surface area (TPSA) is 85.0 Å². The monoisotopic (exact) mass is 478 g/mol. The van der Waals surface area contributed by atoms with Gasteiger partial charge in [-0.25, -0.2) is 4.79 Å². The van der Waals surface area contributed by atoms with Gasteiger partial charge in [0, 0.05) is 17.6 Å². The summed E-state index contributed by atoms with van der Waals surface area (Å²) in [5, 5.41) is 10.9. The van der Waals surface area contributed by atoms with Gasteiger partial charge in [0.15, 0.2) is 0 Å². The van der Waals surface area contributed by atoms with Crippen molar-refractivity contribution in [2.24, 2.45) is 0 Å². The fourth-order valence-electron chi connectivity index (χ4n) is 4.54. The number of aliphatic hydroxyl groups is 1. The molecule has 6 nitrogen and oxygen atoms in total. The van der Waals surface area contributed by atoms with E-state index in [9.17, 15) is 9.90 Å². The molecule has 0 spiro atoms. The number of hydrogen-bond donors (Lipinski definition) is 2. The molecule has 1 atom stereocenters. The molecule has 1 amide bonds. The highest BCUT2D eigenvalue weighted by Crippen LogP contribution is 2.44. The predicted octanol–water partition coefficient (Wildman–Crippen LogP) is 5.08. The third-order valence-corrected chi connectivity index (χ3v) is 6.65. The molecule has 0 saturated heterocycles. The molecule has 1 fully saturated rings. The second-order valence-corrected chi connectivity index (χ2v) is 9.25. The number of nitrogens with two attached hydrogens (primary N) is 1. The van der Waals surface area contributed by atoms with E-state index in [-0.39, 0.29) is 31.7 Å². The number of carbonyl (C=O) groups is 1. The first-order valence-electron chi connectivity index (χ1n) is 11.5. The minimum Gasteiger partial charge on any atom is -0.489 e. The van der Waals surface area contributed by atoms with Gasteiger partial charge < -0.3 is 25.2 Å². The summed E-state index contributed by atoms with van der Waals surface area (Å²) in [7, 11) is 0. The molecule has 3 aromatic rings. The first-order chi connectivity index (χ1) is 16.5. The van der Waals surface area contributed by atoms with E-state index < -0.39 is 12.2 Å². The number of fused-ring (bicyclic) bond motifs is 3. The molecule has 3 N–H and O–H groups in total. The zero-order chi connectivity index (χ0) is 23.7. The zero-order valence-electron chi connectivity index (χ0n) is 18.7. The van der Waals surface area contributed by atoms with Crippen LogP contribution in [0.3, 0.4) is 0 Å². The zero-order valence-corrected chi connectivity index (χ0v) is 19.4. The van der Waals surface area contributed by atoms with Crippen molar-refractivity contribution in [1.82, 2.24) is 4.90 Å². The molecule has 5 rings (SSSR count). The van der Waals surface area contributed by atoms with Gasteiger partial charge in [0.25, 0.3) is 0 Å². The Bertz CT molecular complexity index is 1150. The van der Waals surface area contributed by atoms with Crippen LogP contribution in [0.1, 0.15) is 29.9 Å². The Kier molecular flexibility index (Phi) is 6.35. The van der Waals surface area contributed by atoms with E-state index in [0.29, 0.717) is 16.5 Å². The maximum atomic E-state index is 13.0. The van der Waals surface area contributed by atoms with E-state index in [4.69, 9.17) is 26.8 Å². The van der Waals surface area contributed by atoms with Crippen molar-refractivity contribution >= 4 is 23.4 Å². The maximum absolute atomic E-state index is 13.0. The van der Waals surface area contributed by atoms with E-state index >= 15 is 0 Å². The number of ether oxygens (including phenoxy) is 2. The highest BCUT2D eigenvalue weighted by molar-refractivity contribution is 6.32. The summed E-state index contributed by atoms with van der Waals surface area (Å²) in [4.78, 5) is 14.6. The summed E-state index contributed by atoms with van der Waals surface area (Å²) in [5.74, 6) is 0.437. The smallest absolute Gasteiger partial charge is 0.410 e. The Morgan fingerprint density at radius 2 is 1.71 bits per heavy atom. The Morgan fingerprint density at radius 1 is 1.06 bits per heavy atom. The molecular weight excluding hydrogens is 452 g/mol. The molecule has 1 saturated carbocycles. The number of halogens is 1. The molecule has 0 heterocycles. The maximum Gasteiger partial charge on any atom is 0.410 e. The van der Waals surface area contributed by atoms with Gasteiger partial charge in [-0.05, 0) is 53.3 Å². The number of rotatable bonds is 8. The van der Waals surface area contributed by atoms with Crippen molar-refractivity contribution in [2.45, 2.75) is 30.9 Å². The first kappa shape index (κ1) is 22.6. The molecule has 34 heavy (non-hydrogen) atoms. The van der Waals surface area contributed by atoms with E-state index in [1.165, 1.54) is 22.3 Å². The number of hydrogen-bond acceptors (Lipinski definition) is 5.